The Morgan fingerprint density at radius 2 is 1.86 bits per heavy atom. The summed E-state index contributed by atoms with van der Waals surface area (Å²) in [5, 5.41) is 1.97. The van der Waals surface area contributed by atoms with E-state index < -0.39 is 17.4 Å². The van der Waals surface area contributed by atoms with Gasteiger partial charge in [0.25, 0.3) is 0 Å². The number of esters is 1. The van der Waals surface area contributed by atoms with Crippen LogP contribution in [0.25, 0.3) is 0 Å². The van der Waals surface area contributed by atoms with Crippen molar-refractivity contribution in [1.29, 1.82) is 0 Å². The van der Waals surface area contributed by atoms with Crippen LogP contribution in [0.4, 0.5) is 0 Å². The van der Waals surface area contributed by atoms with Gasteiger partial charge in [-0.2, -0.15) is 0 Å². The minimum atomic E-state index is -2.60. The molecule has 14 heavy (non-hydrogen) atoms. The zero-order chi connectivity index (χ0) is 11.2. The fourth-order valence-corrected chi connectivity index (χ4v) is 2.38. The third-order valence-corrected chi connectivity index (χ3v) is 6.44. The molecule has 0 bridgehead atoms. The van der Waals surface area contributed by atoms with Gasteiger partial charge in [-0.05, 0) is 0 Å². The fourth-order valence-electron chi connectivity index (χ4n) is 0.740. The number of carbonyl (C=O) groups is 1. The van der Waals surface area contributed by atoms with Crippen LogP contribution < -0.4 is 0 Å². The summed E-state index contributed by atoms with van der Waals surface area (Å²) in [4.78, 5) is 11.0. The summed E-state index contributed by atoms with van der Waals surface area (Å²) < 4.78 is 16.2. The molecule has 0 fully saturated rings. The number of rotatable bonds is 6. The molecule has 0 spiro atoms. The molecule has 0 aromatic rings. The van der Waals surface area contributed by atoms with E-state index in [-0.39, 0.29) is 5.97 Å². The van der Waals surface area contributed by atoms with Crippen LogP contribution in [0.5, 0.6) is 0 Å². The van der Waals surface area contributed by atoms with E-state index in [0.29, 0.717) is 16.9 Å². The van der Waals surface area contributed by atoms with Crippen molar-refractivity contribution >= 4 is 5.97 Å². The molecule has 4 nitrogen and oxygen atoms in total. The van der Waals surface area contributed by atoms with Crippen LogP contribution in [0.1, 0.15) is 6.92 Å². The summed E-state index contributed by atoms with van der Waals surface area (Å²) in [6.45, 7) is 5.45. The second kappa shape index (κ2) is 6.35. The standard InChI is InChI=1S/C6H9O2.2CH3O.CH3.Ti/c1-4-8-6(7)5(2)3;2*1-2;;/h1-2,4H2,3H3;2*1H3;1H3;/q;2*-1;;+2. The molecule has 0 atom stereocenters. The van der Waals surface area contributed by atoms with Gasteiger partial charge >= 0.3 is 89.4 Å². The molecular formula is C9H18O4Ti. The first-order valence-electron chi connectivity index (χ1n) is 4.38. The molecular weight excluding hydrogens is 220 g/mol. The molecule has 0 aromatic heterocycles. The van der Waals surface area contributed by atoms with E-state index in [9.17, 15) is 4.79 Å². The Morgan fingerprint density at radius 3 is 2.21 bits per heavy atom. The molecule has 0 N–H and O–H groups in total. The molecule has 0 saturated heterocycles. The average molecular weight is 238 g/mol. The maximum absolute atomic E-state index is 11.0. The molecule has 0 aliphatic carbocycles. The molecule has 0 amide bonds. The van der Waals surface area contributed by atoms with Crippen LogP contribution in [-0.2, 0) is 33.5 Å². The van der Waals surface area contributed by atoms with E-state index in [2.05, 4.69) is 6.58 Å². The van der Waals surface area contributed by atoms with Gasteiger partial charge in [-0.3, -0.25) is 0 Å². The van der Waals surface area contributed by atoms with Gasteiger partial charge in [-0.1, -0.05) is 0 Å². The first-order valence-corrected chi connectivity index (χ1v) is 8.32. The van der Waals surface area contributed by atoms with Gasteiger partial charge < -0.3 is 0 Å². The third kappa shape index (κ3) is 4.91. The monoisotopic (exact) mass is 238 g/mol. The van der Waals surface area contributed by atoms with E-state index >= 15 is 0 Å². The summed E-state index contributed by atoms with van der Waals surface area (Å²) in [7, 11) is 3.26. The minimum absolute atomic E-state index is 0.337. The SMILES string of the molecule is C=C(C)C(=O)OC[CH2][Ti]([CH3])([O]C)[O]C. The van der Waals surface area contributed by atoms with E-state index in [1.165, 1.54) is 0 Å². The molecule has 0 heterocycles. The quantitative estimate of drug-likeness (QED) is 0.402. The van der Waals surface area contributed by atoms with Crippen LogP contribution in [0.15, 0.2) is 12.2 Å². The van der Waals surface area contributed by atoms with E-state index in [1.807, 2.05) is 5.23 Å². The summed E-state index contributed by atoms with van der Waals surface area (Å²) in [5.41, 5.74) is 0.411. The normalized spacial score (nSPS) is 11.1. The van der Waals surface area contributed by atoms with Crippen molar-refractivity contribution in [3.8, 4) is 0 Å². The topological polar surface area (TPSA) is 44.8 Å². The molecule has 0 aromatic carbocycles. The summed E-state index contributed by atoms with van der Waals surface area (Å²) >= 11 is -2.60. The third-order valence-electron chi connectivity index (χ3n) is 2.00. The second-order valence-electron chi connectivity index (χ2n) is 3.21. The van der Waals surface area contributed by atoms with Crippen molar-refractivity contribution in [3.63, 3.8) is 0 Å². The van der Waals surface area contributed by atoms with Gasteiger partial charge in [0.05, 0.1) is 0 Å². The van der Waals surface area contributed by atoms with Crippen molar-refractivity contribution in [3.05, 3.63) is 12.2 Å². The molecule has 5 heteroatoms. The van der Waals surface area contributed by atoms with Gasteiger partial charge in [0.15, 0.2) is 0 Å². The van der Waals surface area contributed by atoms with E-state index in [4.69, 9.17) is 11.4 Å². The number of ether oxygens (including phenoxy) is 1. The molecule has 0 saturated carbocycles. The summed E-state index contributed by atoms with van der Waals surface area (Å²) in [6.07, 6.45) is 0. The Labute approximate surface area is 89.5 Å². The number of carbonyl (C=O) groups excluding carboxylic acids is 1. The Balaban J connectivity index is 3.83. The van der Waals surface area contributed by atoms with Crippen LogP contribution in [0.2, 0.25) is 9.95 Å². The predicted molar refractivity (Wildman–Crippen MR) is 50.5 cm³/mol. The zero-order valence-electron chi connectivity index (χ0n) is 9.25. The van der Waals surface area contributed by atoms with E-state index in [0.717, 1.165) is 0 Å². The first-order chi connectivity index (χ1) is 6.45. The second-order valence-corrected chi connectivity index (χ2v) is 8.81. The van der Waals surface area contributed by atoms with Crippen molar-refractivity contribution in [1.82, 2.24) is 0 Å². The van der Waals surface area contributed by atoms with Crippen LogP contribution in [0.3, 0.4) is 0 Å². The Morgan fingerprint density at radius 1 is 1.36 bits per heavy atom. The van der Waals surface area contributed by atoms with Crippen LogP contribution in [-0.4, -0.2) is 26.8 Å². The van der Waals surface area contributed by atoms with Crippen molar-refractivity contribution < 1.29 is 33.5 Å². The molecule has 0 radical (unpaired) electrons. The van der Waals surface area contributed by atoms with Gasteiger partial charge in [0.1, 0.15) is 0 Å². The number of hydrogen-bond acceptors (Lipinski definition) is 4. The van der Waals surface area contributed by atoms with Gasteiger partial charge in [-0.15, -0.1) is 0 Å². The molecule has 82 valence electrons. The zero-order valence-corrected chi connectivity index (χ0v) is 10.8. The predicted octanol–water partition coefficient (Wildman–Crippen LogP) is 1.85. The molecule has 0 rings (SSSR count). The van der Waals surface area contributed by atoms with Crippen molar-refractivity contribution in [2.45, 2.75) is 16.9 Å². The maximum atomic E-state index is 11.0. The van der Waals surface area contributed by atoms with E-state index in [1.54, 1.807) is 21.1 Å². The fraction of sp³-hybridized carbons (Fsp3) is 0.667. The van der Waals surface area contributed by atoms with Crippen molar-refractivity contribution in [2.24, 2.45) is 0 Å². The molecule has 0 aliphatic heterocycles. The average Bonchev–Trinajstić information content (AvgIpc) is 2.17. The first kappa shape index (κ1) is 13.8. The van der Waals surface area contributed by atoms with Gasteiger partial charge in [0.2, 0.25) is 0 Å². The Bertz CT molecular complexity index is 211. The Hall–Kier alpha value is -0.156. The Kier molecular flexibility index (Phi) is 6.28. The van der Waals surface area contributed by atoms with Gasteiger partial charge in [0, 0.05) is 0 Å². The number of hydrogen-bond donors (Lipinski definition) is 0. The molecule has 0 aliphatic rings. The van der Waals surface area contributed by atoms with Gasteiger partial charge in [-0.25, -0.2) is 0 Å². The molecule has 0 unspecified atom stereocenters. The van der Waals surface area contributed by atoms with Crippen LogP contribution in [0, 0.1) is 0 Å². The van der Waals surface area contributed by atoms with Crippen molar-refractivity contribution in [2.75, 3.05) is 20.8 Å². The summed E-state index contributed by atoms with van der Waals surface area (Å²) in [5.74, 6) is -0.359. The summed E-state index contributed by atoms with van der Waals surface area (Å²) in [6, 6.07) is 0. The van der Waals surface area contributed by atoms with Crippen LogP contribution >= 0.6 is 0 Å².